The van der Waals surface area contributed by atoms with Gasteiger partial charge in [-0.15, -0.1) is 0 Å². The summed E-state index contributed by atoms with van der Waals surface area (Å²) in [4.78, 5) is 31.3. The first-order valence-electron chi connectivity index (χ1n) is 10.4. The van der Waals surface area contributed by atoms with E-state index in [9.17, 15) is 9.59 Å². The lowest BCUT2D eigenvalue weighted by Crippen LogP contribution is -2.23. The Hall–Kier alpha value is -3.03. The lowest BCUT2D eigenvalue weighted by atomic mass is 10.2. The summed E-state index contributed by atoms with van der Waals surface area (Å²) in [6.45, 7) is 5.76. The van der Waals surface area contributed by atoms with Gasteiger partial charge in [0.15, 0.2) is 10.9 Å². The summed E-state index contributed by atoms with van der Waals surface area (Å²) in [7, 11) is 3.47. The summed E-state index contributed by atoms with van der Waals surface area (Å²) in [5.41, 5.74) is 4.28. The SMILES string of the molecule is COc1cc(Cl)c(C)cc1-n1c(SCC(=O)c2cc(C)n(C)c2C)nc2ccccc2c1=O. The van der Waals surface area contributed by atoms with Crippen LogP contribution in [0.4, 0.5) is 0 Å². The predicted molar refractivity (Wildman–Crippen MR) is 134 cm³/mol. The zero-order valence-electron chi connectivity index (χ0n) is 19.1. The van der Waals surface area contributed by atoms with Crippen LogP contribution in [0.3, 0.4) is 0 Å². The van der Waals surface area contributed by atoms with E-state index in [0.717, 1.165) is 17.0 Å². The number of aryl methyl sites for hydroxylation is 2. The van der Waals surface area contributed by atoms with Crippen molar-refractivity contribution in [3.63, 3.8) is 0 Å². The van der Waals surface area contributed by atoms with Crippen LogP contribution >= 0.6 is 23.4 Å². The molecule has 0 atom stereocenters. The van der Waals surface area contributed by atoms with Crippen LogP contribution in [0.15, 0.2) is 52.4 Å². The maximum Gasteiger partial charge on any atom is 0.266 e. The molecule has 0 saturated heterocycles. The zero-order valence-corrected chi connectivity index (χ0v) is 20.7. The Morgan fingerprint density at radius 2 is 1.88 bits per heavy atom. The van der Waals surface area contributed by atoms with Gasteiger partial charge in [-0.25, -0.2) is 4.98 Å². The molecule has 0 unspecified atom stereocenters. The lowest BCUT2D eigenvalue weighted by Gasteiger charge is -2.17. The van der Waals surface area contributed by atoms with Gasteiger partial charge >= 0.3 is 0 Å². The first-order valence-corrected chi connectivity index (χ1v) is 11.7. The Morgan fingerprint density at radius 3 is 2.55 bits per heavy atom. The van der Waals surface area contributed by atoms with Gasteiger partial charge in [0.05, 0.1) is 29.5 Å². The van der Waals surface area contributed by atoms with Crippen molar-refractivity contribution in [2.45, 2.75) is 25.9 Å². The number of benzene rings is 2. The first kappa shape index (κ1) is 23.1. The highest BCUT2D eigenvalue weighted by Gasteiger charge is 2.20. The average Bonchev–Trinajstić information content (AvgIpc) is 3.06. The normalized spacial score (nSPS) is 11.2. The molecule has 0 fully saturated rings. The summed E-state index contributed by atoms with van der Waals surface area (Å²) < 4.78 is 9.03. The molecule has 33 heavy (non-hydrogen) atoms. The summed E-state index contributed by atoms with van der Waals surface area (Å²) in [5, 5.41) is 1.44. The Labute approximate surface area is 201 Å². The third-order valence-corrected chi connectivity index (χ3v) is 7.20. The molecule has 2 heterocycles. The molecular weight excluding hydrogens is 458 g/mol. The molecule has 0 saturated carbocycles. The number of aromatic nitrogens is 3. The van der Waals surface area contributed by atoms with Gasteiger partial charge in [0.2, 0.25) is 0 Å². The molecule has 2 aromatic heterocycles. The molecule has 0 radical (unpaired) electrons. The molecule has 0 bridgehead atoms. The summed E-state index contributed by atoms with van der Waals surface area (Å²) in [6, 6.07) is 12.6. The minimum absolute atomic E-state index is 0.0191. The second-order valence-electron chi connectivity index (χ2n) is 7.88. The Bertz CT molecular complexity index is 1460. The number of fused-ring (bicyclic) bond motifs is 1. The van der Waals surface area contributed by atoms with Crippen LogP contribution in [0.5, 0.6) is 5.75 Å². The predicted octanol–water partition coefficient (Wildman–Crippen LogP) is 5.29. The van der Waals surface area contributed by atoms with Crippen molar-refractivity contribution in [1.82, 2.24) is 14.1 Å². The van der Waals surface area contributed by atoms with Crippen molar-refractivity contribution in [1.29, 1.82) is 0 Å². The monoisotopic (exact) mass is 481 g/mol. The van der Waals surface area contributed by atoms with Crippen molar-refractivity contribution >= 4 is 40.0 Å². The van der Waals surface area contributed by atoms with Crippen LogP contribution in [0.2, 0.25) is 5.02 Å². The van der Waals surface area contributed by atoms with Crippen LogP contribution in [-0.2, 0) is 7.05 Å². The number of hydrogen-bond donors (Lipinski definition) is 0. The molecule has 170 valence electrons. The van der Waals surface area contributed by atoms with Gasteiger partial charge in [0.1, 0.15) is 5.75 Å². The summed E-state index contributed by atoms with van der Waals surface area (Å²) in [6.07, 6.45) is 0. The molecule has 0 spiro atoms. The maximum atomic E-state index is 13.6. The number of Topliss-reactive ketones (excluding diaryl/α,β-unsaturated/α-hetero) is 1. The van der Waals surface area contributed by atoms with Gasteiger partial charge in [-0.3, -0.25) is 14.2 Å². The molecule has 0 N–H and O–H groups in total. The van der Waals surface area contributed by atoms with E-state index in [2.05, 4.69) is 0 Å². The summed E-state index contributed by atoms with van der Waals surface area (Å²) >= 11 is 7.52. The molecule has 6 nitrogen and oxygen atoms in total. The number of nitrogens with zero attached hydrogens (tertiary/aromatic N) is 3. The van der Waals surface area contributed by atoms with E-state index in [4.69, 9.17) is 21.3 Å². The Kier molecular flexibility index (Phi) is 6.36. The largest absolute Gasteiger partial charge is 0.495 e. The maximum absolute atomic E-state index is 13.6. The minimum Gasteiger partial charge on any atom is -0.495 e. The molecule has 0 amide bonds. The lowest BCUT2D eigenvalue weighted by molar-refractivity contribution is 0.102. The second-order valence-corrected chi connectivity index (χ2v) is 9.23. The fourth-order valence-electron chi connectivity index (χ4n) is 3.75. The molecule has 0 aliphatic carbocycles. The van der Waals surface area contributed by atoms with Crippen LogP contribution in [0.25, 0.3) is 16.6 Å². The molecule has 2 aromatic carbocycles. The van der Waals surface area contributed by atoms with Crippen molar-refractivity contribution < 1.29 is 9.53 Å². The molecule has 0 aliphatic rings. The van der Waals surface area contributed by atoms with Gasteiger partial charge in [-0.1, -0.05) is 35.5 Å². The number of hydrogen-bond acceptors (Lipinski definition) is 5. The van der Waals surface area contributed by atoms with Crippen LogP contribution in [-0.4, -0.2) is 32.8 Å². The van der Waals surface area contributed by atoms with Crippen LogP contribution < -0.4 is 10.3 Å². The van der Waals surface area contributed by atoms with Crippen LogP contribution in [0, 0.1) is 20.8 Å². The first-order chi connectivity index (χ1) is 15.7. The number of ketones is 1. The molecule has 8 heteroatoms. The third kappa shape index (κ3) is 4.18. The van der Waals surface area contributed by atoms with Gasteiger partial charge in [0, 0.05) is 35.1 Å². The molecule has 4 rings (SSSR count). The molecule has 4 aromatic rings. The van der Waals surface area contributed by atoms with Gasteiger partial charge < -0.3 is 9.30 Å². The third-order valence-electron chi connectivity index (χ3n) is 5.85. The fourth-order valence-corrected chi connectivity index (χ4v) is 4.80. The van der Waals surface area contributed by atoms with E-state index in [1.807, 2.05) is 44.5 Å². The van der Waals surface area contributed by atoms with E-state index < -0.39 is 0 Å². The number of para-hydroxylation sites is 1. The van der Waals surface area contributed by atoms with Gasteiger partial charge in [0.25, 0.3) is 5.56 Å². The summed E-state index contributed by atoms with van der Waals surface area (Å²) in [5.74, 6) is 0.575. The fraction of sp³-hybridized carbons (Fsp3) is 0.240. The van der Waals surface area contributed by atoms with E-state index in [1.165, 1.54) is 23.4 Å². The van der Waals surface area contributed by atoms with E-state index >= 15 is 0 Å². The number of rotatable bonds is 6. The van der Waals surface area contributed by atoms with Crippen molar-refractivity contribution in [2.75, 3.05) is 12.9 Å². The standard InChI is InChI=1S/C25H24ClN3O3S/c1-14-10-21(23(32-5)12-19(14)26)29-24(31)17-8-6-7-9-20(17)27-25(29)33-13-22(30)18-11-15(2)28(4)16(18)3/h6-12H,13H2,1-5H3. The van der Waals surface area contributed by atoms with Crippen LogP contribution in [0.1, 0.15) is 27.3 Å². The topological polar surface area (TPSA) is 66.1 Å². The smallest absolute Gasteiger partial charge is 0.266 e. The number of methoxy groups -OCH3 is 1. The number of carbonyl (C=O) groups is 1. The Balaban J connectivity index is 1.84. The Morgan fingerprint density at radius 1 is 1.15 bits per heavy atom. The van der Waals surface area contributed by atoms with Crippen molar-refractivity contribution in [3.8, 4) is 11.4 Å². The highest BCUT2D eigenvalue weighted by Crippen LogP contribution is 2.32. The minimum atomic E-state index is -0.234. The molecule has 0 aliphatic heterocycles. The zero-order chi connectivity index (χ0) is 23.9. The highest BCUT2D eigenvalue weighted by molar-refractivity contribution is 7.99. The highest BCUT2D eigenvalue weighted by atomic mass is 35.5. The van der Waals surface area contributed by atoms with E-state index in [-0.39, 0.29) is 17.1 Å². The number of thioether (sulfide) groups is 1. The average molecular weight is 482 g/mol. The quantitative estimate of drug-likeness (QED) is 0.213. The molecular formula is C25H24ClN3O3S. The number of ether oxygens (including phenoxy) is 1. The van der Waals surface area contributed by atoms with E-state index in [1.54, 1.807) is 30.3 Å². The number of halogens is 1. The van der Waals surface area contributed by atoms with Gasteiger partial charge in [-0.2, -0.15) is 0 Å². The van der Waals surface area contributed by atoms with Crippen molar-refractivity contribution in [2.24, 2.45) is 7.05 Å². The van der Waals surface area contributed by atoms with Gasteiger partial charge in [-0.05, 0) is 50.6 Å². The van der Waals surface area contributed by atoms with Crippen molar-refractivity contribution in [3.05, 3.63) is 80.4 Å². The van der Waals surface area contributed by atoms with E-state index in [0.29, 0.717) is 38.1 Å². The number of carbonyl (C=O) groups excluding carboxylic acids is 1. The second kappa shape index (κ2) is 9.08.